The van der Waals surface area contributed by atoms with E-state index in [0.29, 0.717) is 11.2 Å². The number of fused-ring (bicyclic) bond motifs is 1. The number of aromatic amines is 1. The molecule has 0 saturated carbocycles. The molecule has 18 heavy (non-hydrogen) atoms. The molecule has 0 spiro atoms. The molecule has 1 aliphatic heterocycles. The molecular weight excluding hydrogens is 262 g/mol. The number of H-pyrrole nitrogens is 1. The predicted molar refractivity (Wildman–Crippen MR) is 61.8 cm³/mol. The van der Waals surface area contributed by atoms with Crippen LogP contribution in [-0.2, 0) is 0 Å². The van der Waals surface area contributed by atoms with Gasteiger partial charge in [-0.05, 0) is 0 Å². The Morgan fingerprint density at radius 2 is 2.22 bits per heavy atom. The zero-order valence-corrected chi connectivity index (χ0v) is 9.76. The Bertz CT molecular complexity index is 687. The summed E-state index contributed by atoms with van der Waals surface area (Å²) in [6.45, 7) is 0.560. The highest BCUT2D eigenvalue weighted by Gasteiger charge is 2.33. The lowest BCUT2D eigenvalue weighted by Gasteiger charge is -2.37. The molecule has 0 aliphatic carbocycles. The second-order valence-electron chi connectivity index (χ2n) is 4.04. The summed E-state index contributed by atoms with van der Waals surface area (Å²) < 4.78 is 1.47. The minimum absolute atomic E-state index is 0.185. The average molecular weight is 270 g/mol. The van der Waals surface area contributed by atoms with Crippen LogP contribution in [-0.4, -0.2) is 48.9 Å². The molecule has 94 valence electrons. The van der Waals surface area contributed by atoms with Gasteiger partial charge in [0.05, 0.1) is 11.6 Å². The van der Waals surface area contributed by atoms with Crippen LogP contribution in [0.1, 0.15) is 6.04 Å². The molecule has 1 amide bonds. The van der Waals surface area contributed by atoms with E-state index in [4.69, 9.17) is 16.7 Å². The molecule has 2 aromatic heterocycles. The second-order valence-corrected chi connectivity index (χ2v) is 4.43. The summed E-state index contributed by atoms with van der Waals surface area (Å²) in [5.74, 6) is 0. The van der Waals surface area contributed by atoms with Gasteiger partial charge in [-0.1, -0.05) is 11.6 Å². The van der Waals surface area contributed by atoms with Gasteiger partial charge in [-0.25, -0.2) is 9.59 Å². The Balaban J connectivity index is 2.02. The Morgan fingerprint density at radius 3 is 2.89 bits per heavy atom. The van der Waals surface area contributed by atoms with Crippen molar-refractivity contribution in [2.45, 2.75) is 6.04 Å². The van der Waals surface area contributed by atoms with Crippen LogP contribution in [0.15, 0.2) is 10.9 Å². The molecule has 0 aromatic carbocycles. The molecule has 1 saturated heterocycles. The van der Waals surface area contributed by atoms with Gasteiger partial charge in [0, 0.05) is 19.2 Å². The fraction of sp³-hybridized carbons (Fsp3) is 0.333. The smallest absolute Gasteiger partial charge is 0.407 e. The molecule has 8 nitrogen and oxygen atoms in total. The summed E-state index contributed by atoms with van der Waals surface area (Å²) in [6, 6.07) is 1.34. The summed E-state index contributed by atoms with van der Waals surface area (Å²) in [5, 5.41) is 16.4. The van der Waals surface area contributed by atoms with Crippen molar-refractivity contribution in [2.75, 3.05) is 13.1 Å². The first-order chi connectivity index (χ1) is 8.56. The number of aromatic nitrogens is 4. The topological polar surface area (TPSA) is 104 Å². The molecule has 0 atom stereocenters. The fourth-order valence-corrected chi connectivity index (χ4v) is 2.18. The van der Waals surface area contributed by atoms with Gasteiger partial charge in [0.25, 0.3) is 0 Å². The van der Waals surface area contributed by atoms with Crippen LogP contribution in [0.5, 0.6) is 0 Å². The minimum Gasteiger partial charge on any atom is -0.465 e. The molecule has 2 N–H and O–H groups in total. The standard InChI is InChI=1S/C9H8ClN5O3/c10-6-1-5-7(13-12-6)11-8(16)15(5)4-2-14(3-4)9(17)18/h1,4H,2-3H2,(H,17,18)(H,11,13,16). The number of amides is 1. The Morgan fingerprint density at radius 1 is 1.50 bits per heavy atom. The number of hydrogen-bond donors (Lipinski definition) is 2. The van der Waals surface area contributed by atoms with Crippen molar-refractivity contribution in [3.8, 4) is 0 Å². The zero-order chi connectivity index (χ0) is 12.9. The van der Waals surface area contributed by atoms with Crippen molar-refractivity contribution >= 4 is 28.9 Å². The highest BCUT2D eigenvalue weighted by atomic mass is 35.5. The number of carbonyl (C=O) groups is 1. The Hall–Kier alpha value is -2.09. The van der Waals surface area contributed by atoms with Gasteiger partial charge in [-0.3, -0.25) is 9.55 Å². The second kappa shape index (κ2) is 3.70. The van der Waals surface area contributed by atoms with Crippen LogP contribution in [0.4, 0.5) is 4.79 Å². The van der Waals surface area contributed by atoms with Gasteiger partial charge in [0.2, 0.25) is 0 Å². The molecule has 1 fully saturated rings. The lowest BCUT2D eigenvalue weighted by Crippen LogP contribution is -2.51. The van der Waals surface area contributed by atoms with Gasteiger partial charge >= 0.3 is 11.8 Å². The fourth-order valence-electron chi connectivity index (χ4n) is 2.04. The van der Waals surface area contributed by atoms with Crippen molar-refractivity contribution in [3.63, 3.8) is 0 Å². The molecule has 3 rings (SSSR count). The van der Waals surface area contributed by atoms with Crippen molar-refractivity contribution in [1.82, 2.24) is 24.6 Å². The van der Waals surface area contributed by atoms with E-state index >= 15 is 0 Å². The zero-order valence-electron chi connectivity index (χ0n) is 9.00. The largest absolute Gasteiger partial charge is 0.465 e. The van der Waals surface area contributed by atoms with Crippen LogP contribution >= 0.6 is 11.6 Å². The monoisotopic (exact) mass is 269 g/mol. The summed E-state index contributed by atoms with van der Waals surface area (Å²) >= 11 is 5.74. The van der Waals surface area contributed by atoms with Gasteiger partial charge < -0.3 is 10.0 Å². The molecule has 0 radical (unpaired) electrons. The first kappa shape index (κ1) is 11.0. The maximum atomic E-state index is 11.8. The lowest BCUT2D eigenvalue weighted by atomic mass is 10.1. The van der Waals surface area contributed by atoms with E-state index in [0.717, 1.165) is 0 Å². The molecular formula is C9H8ClN5O3. The molecule has 2 aromatic rings. The first-order valence-corrected chi connectivity index (χ1v) is 5.55. The van der Waals surface area contributed by atoms with Gasteiger partial charge in [-0.15, -0.1) is 10.2 Å². The molecule has 1 aliphatic rings. The Kier molecular flexibility index (Phi) is 2.27. The third-order valence-corrected chi connectivity index (χ3v) is 3.13. The highest BCUT2D eigenvalue weighted by Crippen LogP contribution is 2.23. The maximum Gasteiger partial charge on any atom is 0.407 e. The third-order valence-electron chi connectivity index (χ3n) is 2.95. The van der Waals surface area contributed by atoms with Crippen LogP contribution in [0.25, 0.3) is 11.2 Å². The van der Waals surface area contributed by atoms with E-state index in [1.807, 2.05) is 0 Å². The normalized spacial score (nSPS) is 15.9. The van der Waals surface area contributed by atoms with E-state index in [2.05, 4.69) is 15.2 Å². The van der Waals surface area contributed by atoms with Crippen molar-refractivity contribution < 1.29 is 9.90 Å². The number of rotatable bonds is 1. The third kappa shape index (κ3) is 1.53. The van der Waals surface area contributed by atoms with Crippen molar-refractivity contribution in [2.24, 2.45) is 0 Å². The molecule has 9 heteroatoms. The Labute approximate surface area is 105 Å². The lowest BCUT2D eigenvalue weighted by molar-refractivity contribution is 0.0859. The quantitative estimate of drug-likeness (QED) is 0.775. The summed E-state index contributed by atoms with van der Waals surface area (Å²) in [4.78, 5) is 26.3. The number of carboxylic acid groups (broad SMARTS) is 1. The SMILES string of the molecule is O=C(O)N1CC(n2c(=O)[nH]c3nnc(Cl)cc32)C1. The average Bonchev–Trinajstić information content (AvgIpc) is 2.53. The number of halogens is 1. The van der Waals surface area contributed by atoms with Crippen molar-refractivity contribution in [3.05, 3.63) is 21.7 Å². The summed E-state index contributed by atoms with van der Waals surface area (Å²) in [7, 11) is 0. The summed E-state index contributed by atoms with van der Waals surface area (Å²) in [5.41, 5.74) is 0.546. The molecule has 3 heterocycles. The van der Waals surface area contributed by atoms with E-state index in [9.17, 15) is 9.59 Å². The van der Waals surface area contributed by atoms with Crippen LogP contribution in [0.3, 0.4) is 0 Å². The number of hydrogen-bond acceptors (Lipinski definition) is 4. The van der Waals surface area contributed by atoms with Crippen LogP contribution < -0.4 is 5.69 Å². The van der Waals surface area contributed by atoms with E-state index < -0.39 is 6.09 Å². The number of likely N-dealkylation sites (tertiary alicyclic amines) is 1. The van der Waals surface area contributed by atoms with E-state index in [-0.39, 0.29) is 30.0 Å². The van der Waals surface area contributed by atoms with E-state index in [1.54, 1.807) is 0 Å². The van der Waals surface area contributed by atoms with Crippen LogP contribution in [0, 0.1) is 0 Å². The molecule has 0 bridgehead atoms. The minimum atomic E-state index is -0.989. The first-order valence-electron chi connectivity index (χ1n) is 5.17. The van der Waals surface area contributed by atoms with Gasteiger partial charge in [0.1, 0.15) is 0 Å². The predicted octanol–water partition coefficient (Wildman–Crippen LogP) is 0.308. The van der Waals surface area contributed by atoms with Crippen LogP contribution in [0.2, 0.25) is 5.15 Å². The van der Waals surface area contributed by atoms with Gasteiger partial charge in [-0.2, -0.15) is 0 Å². The summed E-state index contributed by atoms with van der Waals surface area (Å²) in [6.07, 6.45) is -0.989. The van der Waals surface area contributed by atoms with Gasteiger partial charge in [0.15, 0.2) is 10.8 Å². The van der Waals surface area contributed by atoms with Crippen molar-refractivity contribution in [1.29, 1.82) is 0 Å². The maximum absolute atomic E-state index is 11.8. The number of nitrogens with one attached hydrogen (secondary N) is 1. The number of nitrogens with zero attached hydrogens (tertiary/aromatic N) is 4. The highest BCUT2D eigenvalue weighted by molar-refractivity contribution is 6.29. The van der Waals surface area contributed by atoms with E-state index in [1.165, 1.54) is 15.5 Å². The number of imidazole rings is 1. The molecule has 0 unspecified atom stereocenters.